The second kappa shape index (κ2) is 3.13. The second-order valence-corrected chi connectivity index (χ2v) is 3.61. The van der Waals surface area contributed by atoms with Crippen molar-refractivity contribution >= 4 is 0 Å². The average molecular weight is 207 g/mol. The Morgan fingerprint density at radius 3 is 3.00 bits per heavy atom. The van der Waals surface area contributed by atoms with Crippen molar-refractivity contribution in [2.45, 2.75) is 24.9 Å². The summed E-state index contributed by atoms with van der Waals surface area (Å²) in [5.74, 6) is 1.64. The lowest BCUT2D eigenvalue weighted by atomic mass is 9.82. The molecule has 0 unspecified atom stereocenters. The Kier molecular flexibility index (Phi) is 1.78. The van der Waals surface area contributed by atoms with Crippen molar-refractivity contribution in [3.05, 3.63) is 12.2 Å². The molecule has 7 nitrogen and oxygen atoms in total. The number of H-pyrrole nitrogens is 1. The van der Waals surface area contributed by atoms with Crippen molar-refractivity contribution in [2.24, 2.45) is 0 Å². The van der Waals surface area contributed by atoms with E-state index in [1.807, 2.05) is 0 Å². The molecule has 78 valence electrons. The molecule has 0 saturated heterocycles. The van der Waals surface area contributed by atoms with E-state index < -0.39 is 0 Å². The van der Waals surface area contributed by atoms with E-state index in [-0.39, 0.29) is 12.0 Å². The molecule has 1 fully saturated rings. The number of hydrogen-bond donors (Lipinski definition) is 2. The molecule has 0 aliphatic heterocycles. The van der Waals surface area contributed by atoms with Crippen molar-refractivity contribution in [2.75, 3.05) is 0 Å². The van der Waals surface area contributed by atoms with Crippen LogP contribution in [-0.2, 0) is 0 Å². The van der Waals surface area contributed by atoms with Gasteiger partial charge in [0.1, 0.15) is 6.33 Å². The molecule has 2 N–H and O–H groups in total. The molecule has 1 aliphatic rings. The van der Waals surface area contributed by atoms with Crippen molar-refractivity contribution < 1.29 is 9.63 Å². The lowest BCUT2D eigenvalue weighted by Gasteiger charge is -2.27. The van der Waals surface area contributed by atoms with Gasteiger partial charge in [0.15, 0.2) is 5.82 Å². The zero-order valence-electron chi connectivity index (χ0n) is 7.79. The van der Waals surface area contributed by atoms with Gasteiger partial charge in [-0.3, -0.25) is 5.10 Å². The SMILES string of the molecule is OC1CC(c2nc(-c3ncn[nH]3)no2)C1. The number of nitrogens with one attached hydrogen (secondary N) is 1. The van der Waals surface area contributed by atoms with E-state index in [0.29, 0.717) is 30.4 Å². The smallest absolute Gasteiger partial charge is 0.239 e. The largest absolute Gasteiger partial charge is 0.393 e. The molecule has 2 aromatic heterocycles. The summed E-state index contributed by atoms with van der Waals surface area (Å²) in [4.78, 5) is 8.10. The van der Waals surface area contributed by atoms with Gasteiger partial charge < -0.3 is 9.63 Å². The molecule has 0 spiro atoms. The van der Waals surface area contributed by atoms with Crippen LogP contribution in [0.2, 0.25) is 0 Å². The lowest BCUT2D eigenvalue weighted by molar-refractivity contribution is 0.0625. The second-order valence-electron chi connectivity index (χ2n) is 3.61. The van der Waals surface area contributed by atoms with Gasteiger partial charge in [-0.15, -0.1) is 0 Å². The first-order valence-corrected chi connectivity index (χ1v) is 4.70. The standard InChI is InChI=1S/C8H9N5O2/c14-5-1-4(2-5)8-11-7(13-15-8)6-9-3-10-12-6/h3-5,14H,1-2H2,(H,9,10,12). The third-order valence-electron chi connectivity index (χ3n) is 2.53. The molecule has 0 amide bonds. The molecule has 1 saturated carbocycles. The molecule has 15 heavy (non-hydrogen) atoms. The van der Waals surface area contributed by atoms with E-state index in [1.165, 1.54) is 6.33 Å². The summed E-state index contributed by atoms with van der Waals surface area (Å²) in [6.45, 7) is 0. The van der Waals surface area contributed by atoms with Gasteiger partial charge in [0.25, 0.3) is 0 Å². The average Bonchev–Trinajstić information content (AvgIpc) is 2.83. The topological polar surface area (TPSA) is 101 Å². The Morgan fingerprint density at radius 1 is 1.47 bits per heavy atom. The number of aliphatic hydroxyl groups is 1. The van der Waals surface area contributed by atoms with Gasteiger partial charge in [0, 0.05) is 5.92 Å². The van der Waals surface area contributed by atoms with Crippen LogP contribution in [0.5, 0.6) is 0 Å². The van der Waals surface area contributed by atoms with E-state index >= 15 is 0 Å². The summed E-state index contributed by atoms with van der Waals surface area (Å²) in [5.41, 5.74) is 0. The third-order valence-corrected chi connectivity index (χ3v) is 2.53. The zero-order valence-corrected chi connectivity index (χ0v) is 7.79. The fourth-order valence-electron chi connectivity index (χ4n) is 1.60. The van der Waals surface area contributed by atoms with Crippen LogP contribution in [0.15, 0.2) is 10.9 Å². The minimum Gasteiger partial charge on any atom is -0.393 e. The third kappa shape index (κ3) is 1.40. The van der Waals surface area contributed by atoms with E-state index in [2.05, 4.69) is 25.3 Å². The summed E-state index contributed by atoms with van der Waals surface area (Å²) in [6.07, 6.45) is 2.55. The number of rotatable bonds is 2. The molecule has 7 heteroatoms. The first kappa shape index (κ1) is 8.54. The molecular formula is C8H9N5O2. The van der Waals surface area contributed by atoms with E-state index in [4.69, 9.17) is 9.63 Å². The van der Waals surface area contributed by atoms with Crippen LogP contribution in [0.3, 0.4) is 0 Å². The van der Waals surface area contributed by atoms with Crippen molar-refractivity contribution in [1.29, 1.82) is 0 Å². The first-order chi connectivity index (χ1) is 7.33. The minimum atomic E-state index is -0.226. The Labute approximate surface area is 84.5 Å². The van der Waals surface area contributed by atoms with Gasteiger partial charge in [0.2, 0.25) is 11.7 Å². The Hall–Kier alpha value is -1.76. The van der Waals surface area contributed by atoms with Crippen LogP contribution in [0.4, 0.5) is 0 Å². The maximum atomic E-state index is 9.15. The number of nitrogens with zero attached hydrogens (tertiary/aromatic N) is 4. The number of aliphatic hydroxyl groups excluding tert-OH is 1. The van der Waals surface area contributed by atoms with Crippen molar-refractivity contribution in [3.63, 3.8) is 0 Å². The molecule has 2 heterocycles. The first-order valence-electron chi connectivity index (χ1n) is 4.70. The molecule has 0 aromatic carbocycles. The van der Waals surface area contributed by atoms with E-state index in [0.717, 1.165) is 0 Å². The molecule has 3 rings (SSSR count). The number of hydrogen-bond acceptors (Lipinski definition) is 6. The summed E-state index contributed by atoms with van der Waals surface area (Å²) >= 11 is 0. The van der Waals surface area contributed by atoms with E-state index in [1.54, 1.807) is 0 Å². The maximum absolute atomic E-state index is 9.15. The highest BCUT2D eigenvalue weighted by Gasteiger charge is 2.33. The highest BCUT2D eigenvalue weighted by Crippen LogP contribution is 2.36. The molecule has 0 bridgehead atoms. The Bertz CT molecular complexity index is 445. The molecule has 0 radical (unpaired) electrons. The predicted octanol–water partition coefficient (Wildman–Crippen LogP) is 0.0930. The molecule has 0 atom stereocenters. The van der Waals surface area contributed by atoms with Gasteiger partial charge in [-0.05, 0) is 12.8 Å². The highest BCUT2D eigenvalue weighted by molar-refractivity contribution is 5.39. The summed E-state index contributed by atoms with van der Waals surface area (Å²) in [5, 5.41) is 19.3. The van der Waals surface area contributed by atoms with Crippen LogP contribution in [-0.4, -0.2) is 36.5 Å². The van der Waals surface area contributed by atoms with Gasteiger partial charge in [-0.25, -0.2) is 4.98 Å². The van der Waals surface area contributed by atoms with Gasteiger partial charge >= 0.3 is 0 Å². The van der Waals surface area contributed by atoms with Crippen LogP contribution >= 0.6 is 0 Å². The highest BCUT2D eigenvalue weighted by atomic mass is 16.5. The summed E-state index contributed by atoms with van der Waals surface area (Å²) in [7, 11) is 0. The quantitative estimate of drug-likeness (QED) is 0.723. The summed E-state index contributed by atoms with van der Waals surface area (Å²) in [6, 6.07) is 0. The van der Waals surface area contributed by atoms with Gasteiger partial charge in [-0.1, -0.05) is 5.16 Å². The summed E-state index contributed by atoms with van der Waals surface area (Å²) < 4.78 is 5.08. The van der Waals surface area contributed by atoms with Crippen LogP contribution in [0.1, 0.15) is 24.7 Å². The fraction of sp³-hybridized carbons (Fsp3) is 0.500. The van der Waals surface area contributed by atoms with Crippen molar-refractivity contribution in [1.82, 2.24) is 25.3 Å². The Balaban J connectivity index is 1.82. The normalized spacial score (nSPS) is 25.1. The van der Waals surface area contributed by atoms with Gasteiger partial charge in [0.05, 0.1) is 6.10 Å². The van der Waals surface area contributed by atoms with Crippen molar-refractivity contribution in [3.8, 4) is 11.6 Å². The number of aromatic nitrogens is 5. The predicted molar refractivity (Wildman–Crippen MR) is 47.7 cm³/mol. The van der Waals surface area contributed by atoms with Gasteiger partial charge in [-0.2, -0.15) is 10.1 Å². The monoisotopic (exact) mass is 207 g/mol. The Morgan fingerprint density at radius 2 is 2.33 bits per heavy atom. The number of aromatic amines is 1. The van der Waals surface area contributed by atoms with E-state index in [9.17, 15) is 0 Å². The van der Waals surface area contributed by atoms with Crippen LogP contribution < -0.4 is 0 Å². The molecular weight excluding hydrogens is 198 g/mol. The fourth-order valence-corrected chi connectivity index (χ4v) is 1.60. The molecule has 1 aliphatic carbocycles. The molecule has 2 aromatic rings. The van der Waals surface area contributed by atoms with Crippen LogP contribution in [0.25, 0.3) is 11.6 Å². The lowest BCUT2D eigenvalue weighted by Crippen LogP contribution is -2.26. The maximum Gasteiger partial charge on any atom is 0.239 e. The zero-order chi connectivity index (χ0) is 10.3. The van der Waals surface area contributed by atoms with Crippen LogP contribution in [0, 0.1) is 0 Å². The minimum absolute atomic E-state index is 0.184.